The third-order valence-corrected chi connectivity index (χ3v) is 6.54. The number of amides is 1. The molecule has 8 heteroatoms. The van der Waals surface area contributed by atoms with E-state index >= 15 is 0 Å². The zero-order valence-electron chi connectivity index (χ0n) is 14.1. The molecule has 0 radical (unpaired) electrons. The molecule has 1 fully saturated rings. The van der Waals surface area contributed by atoms with E-state index in [4.69, 9.17) is 11.6 Å². The monoisotopic (exact) mass is 374 g/mol. The molecule has 1 aliphatic rings. The molecular formula is C16H25ClN3O3S+. The van der Waals surface area contributed by atoms with Gasteiger partial charge in [-0.25, -0.2) is 8.42 Å². The minimum atomic E-state index is -3.50. The Morgan fingerprint density at radius 3 is 2.42 bits per heavy atom. The fraction of sp³-hybridized carbons (Fsp3) is 0.562. The molecule has 1 amide bonds. The molecule has 1 saturated heterocycles. The summed E-state index contributed by atoms with van der Waals surface area (Å²) in [6, 6.07) is 6.04. The lowest BCUT2D eigenvalue weighted by atomic mass is 10.2. The number of piperazine rings is 1. The summed E-state index contributed by atoms with van der Waals surface area (Å²) in [6.07, 6.45) is 0.904. The second kappa shape index (κ2) is 8.29. The van der Waals surface area contributed by atoms with Crippen molar-refractivity contribution in [1.82, 2.24) is 9.62 Å². The van der Waals surface area contributed by atoms with Crippen LogP contribution in [0, 0.1) is 0 Å². The molecule has 0 aromatic heterocycles. The number of nitrogens with one attached hydrogen (secondary N) is 2. The molecule has 1 aromatic rings. The lowest BCUT2D eigenvalue weighted by Gasteiger charge is -2.34. The first-order chi connectivity index (χ1) is 11.4. The largest absolute Gasteiger partial charge is 0.351 e. The fourth-order valence-corrected chi connectivity index (χ4v) is 4.36. The normalized spacial score (nSPS) is 18.3. The van der Waals surface area contributed by atoms with Gasteiger partial charge in [-0.2, -0.15) is 4.31 Å². The maximum Gasteiger partial charge on any atom is 0.278 e. The van der Waals surface area contributed by atoms with Crippen LogP contribution in [0.15, 0.2) is 29.2 Å². The molecule has 2 rings (SSSR count). The number of hydrogen-bond acceptors (Lipinski definition) is 3. The van der Waals surface area contributed by atoms with Crippen molar-refractivity contribution in [3.8, 4) is 0 Å². The Kier molecular flexibility index (Phi) is 6.62. The Bertz CT molecular complexity index is 656. The van der Waals surface area contributed by atoms with Crippen molar-refractivity contribution >= 4 is 27.5 Å². The van der Waals surface area contributed by atoms with Crippen molar-refractivity contribution < 1.29 is 18.1 Å². The van der Waals surface area contributed by atoms with Gasteiger partial charge in [0.15, 0.2) is 6.04 Å². The van der Waals surface area contributed by atoms with E-state index in [-0.39, 0.29) is 16.8 Å². The molecule has 6 nitrogen and oxygen atoms in total. The number of benzene rings is 1. The van der Waals surface area contributed by atoms with E-state index in [2.05, 4.69) is 5.32 Å². The second-order valence-electron chi connectivity index (χ2n) is 6.03. The van der Waals surface area contributed by atoms with Crippen LogP contribution >= 0.6 is 11.6 Å². The second-order valence-corrected chi connectivity index (χ2v) is 8.40. The van der Waals surface area contributed by atoms with E-state index in [0.717, 1.165) is 11.3 Å². The van der Waals surface area contributed by atoms with Gasteiger partial charge in [0, 0.05) is 11.6 Å². The maximum absolute atomic E-state index is 12.6. The van der Waals surface area contributed by atoms with Gasteiger partial charge < -0.3 is 10.2 Å². The topological polar surface area (TPSA) is 70.9 Å². The fourth-order valence-electron chi connectivity index (χ4n) is 2.79. The van der Waals surface area contributed by atoms with Crippen LogP contribution in [0.2, 0.25) is 5.02 Å². The summed E-state index contributed by atoms with van der Waals surface area (Å²) in [6.45, 7) is 6.63. The van der Waals surface area contributed by atoms with Crippen LogP contribution in [0.4, 0.5) is 0 Å². The predicted molar refractivity (Wildman–Crippen MR) is 93.7 cm³/mol. The van der Waals surface area contributed by atoms with Crippen LogP contribution < -0.4 is 10.2 Å². The van der Waals surface area contributed by atoms with Gasteiger partial charge >= 0.3 is 0 Å². The third kappa shape index (κ3) is 4.47. The Labute approximate surface area is 148 Å². The lowest BCUT2D eigenvalue weighted by molar-refractivity contribution is -0.917. The number of sulfonamides is 1. The van der Waals surface area contributed by atoms with Crippen LogP contribution in [0.5, 0.6) is 0 Å². The molecule has 24 heavy (non-hydrogen) atoms. The number of rotatable bonds is 6. The summed E-state index contributed by atoms with van der Waals surface area (Å²) in [4.78, 5) is 13.4. The Morgan fingerprint density at radius 1 is 1.29 bits per heavy atom. The average Bonchev–Trinajstić information content (AvgIpc) is 2.59. The van der Waals surface area contributed by atoms with E-state index in [9.17, 15) is 13.2 Å². The van der Waals surface area contributed by atoms with Crippen molar-refractivity contribution in [3.63, 3.8) is 0 Å². The van der Waals surface area contributed by atoms with E-state index in [1.165, 1.54) is 16.4 Å². The van der Waals surface area contributed by atoms with Crippen LogP contribution in [0.1, 0.15) is 20.3 Å². The number of hydrogen-bond donors (Lipinski definition) is 2. The van der Waals surface area contributed by atoms with E-state index in [0.29, 0.717) is 37.7 Å². The molecule has 0 unspecified atom stereocenters. The van der Waals surface area contributed by atoms with Gasteiger partial charge in [0.2, 0.25) is 10.0 Å². The van der Waals surface area contributed by atoms with E-state index in [1.807, 2.05) is 13.8 Å². The standard InChI is InChI=1S/C16H24ClN3O3S/c1-3-8-18-16(21)13(2)19-9-11-20(12-10-19)24(22,23)15-6-4-14(17)5-7-15/h4-7,13H,3,8-12H2,1-2H3,(H,18,21)/p+1/t13-/m0/s1. The SMILES string of the molecule is CCCNC(=O)[C@H](C)[NH+]1CCN(S(=O)(=O)c2ccc(Cl)cc2)CC1. The predicted octanol–water partition coefficient (Wildman–Crippen LogP) is 0.144. The van der Waals surface area contributed by atoms with Crippen LogP contribution in [-0.2, 0) is 14.8 Å². The first kappa shape index (κ1) is 19.2. The highest BCUT2D eigenvalue weighted by Gasteiger charge is 2.34. The summed E-state index contributed by atoms with van der Waals surface area (Å²) < 4.78 is 26.8. The van der Waals surface area contributed by atoms with Crippen LogP contribution in [0.25, 0.3) is 0 Å². The number of carbonyl (C=O) groups is 1. The van der Waals surface area contributed by atoms with Gasteiger partial charge in [0.25, 0.3) is 5.91 Å². The highest BCUT2D eigenvalue weighted by atomic mass is 35.5. The molecule has 1 heterocycles. The highest BCUT2D eigenvalue weighted by Crippen LogP contribution is 2.18. The third-order valence-electron chi connectivity index (χ3n) is 4.37. The molecule has 0 aliphatic carbocycles. The molecule has 134 valence electrons. The zero-order chi connectivity index (χ0) is 17.7. The molecule has 0 bridgehead atoms. The highest BCUT2D eigenvalue weighted by molar-refractivity contribution is 7.89. The van der Waals surface area contributed by atoms with Gasteiger partial charge in [0.05, 0.1) is 31.1 Å². The molecule has 1 atom stereocenters. The van der Waals surface area contributed by atoms with Gasteiger partial charge in [-0.15, -0.1) is 0 Å². The first-order valence-electron chi connectivity index (χ1n) is 8.24. The van der Waals surface area contributed by atoms with Gasteiger partial charge in [0.1, 0.15) is 0 Å². The summed E-state index contributed by atoms with van der Waals surface area (Å²) in [5.41, 5.74) is 0. The van der Waals surface area contributed by atoms with E-state index < -0.39 is 10.0 Å². The van der Waals surface area contributed by atoms with Crippen LogP contribution in [0.3, 0.4) is 0 Å². The summed E-state index contributed by atoms with van der Waals surface area (Å²) >= 11 is 5.82. The summed E-state index contributed by atoms with van der Waals surface area (Å²) in [5, 5.41) is 3.41. The molecule has 0 spiro atoms. The maximum atomic E-state index is 12.6. The Balaban J connectivity index is 1.96. The van der Waals surface area contributed by atoms with Crippen LogP contribution in [-0.4, -0.2) is 57.4 Å². The number of quaternary nitrogens is 1. The van der Waals surface area contributed by atoms with E-state index in [1.54, 1.807) is 12.1 Å². The van der Waals surface area contributed by atoms with Crippen molar-refractivity contribution in [2.45, 2.75) is 31.2 Å². The Morgan fingerprint density at radius 2 is 1.88 bits per heavy atom. The number of halogens is 1. The first-order valence-corrected chi connectivity index (χ1v) is 10.1. The minimum Gasteiger partial charge on any atom is -0.351 e. The van der Waals surface area contributed by atoms with Crippen molar-refractivity contribution in [2.75, 3.05) is 32.7 Å². The lowest BCUT2D eigenvalue weighted by Crippen LogP contribution is -3.19. The smallest absolute Gasteiger partial charge is 0.278 e. The quantitative estimate of drug-likeness (QED) is 0.744. The number of nitrogens with zero attached hydrogens (tertiary/aromatic N) is 1. The molecule has 1 aromatic carbocycles. The van der Waals surface area contributed by atoms with Gasteiger partial charge in [-0.05, 0) is 37.6 Å². The number of carbonyl (C=O) groups excluding carboxylic acids is 1. The summed E-state index contributed by atoms with van der Waals surface area (Å²) in [7, 11) is -3.50. The zero-order valence-corrected chi connectivity index (χ0v) is 15.7. The average molecular weight is 375 g/mol. The van der Waals surface area contributed by atoms with Gasteiger partial charge in [-0.3, -0.25) is 4.79 Å². The molecule has 2 N–H and O–H groups in total. The molecule has 0 saturated carbocycles. The molecule has 1 aliphatic heterocycles. The summed E-state index contributed by atoms with van der Waals surface area (Å²) in [5.74, 6) is 0.0286. The van der Waals surface area contributed by atoms with Crippen molar-refractivity contribution in [2.24, 2.45) is 0 Å². The van der Waals surface area contributed by atoms with Crippen molar-refractivity contribution in [1.29, 1.82) is 0 Å². The molecular weight excluding hydrogens is 350 g/mol. The van der Waals surface area contributed by atoms with Gasteiger partial charge in [-0.1, -0.05) is 18.5 Å². The van der Waals surface area contributed by atoms with Crippen molar-refractivity contribution in [3.05, 3.63) is 29.3 Å². The minimum absolute atomic E-state index is 0.0286. The Hall–Kier alpha value is -1.15.